The monoisotopic (exact) mass is 430 g/mol. The molecule has 3 fully saturated rings. The highest BCUT2D eigenvalue weighted by molar-refractivity contribution is 7.89. The van der Waals surface area contributed by atoms with Crippen LogP contribution in [0.3, 0.4) is 0 Å². The van der Waals surface area contributed by atoms with E-state index < -0.39 is 10.0 Å². The molecule has 3 aliphatic heterocycles. The summed E-state index contributed by atoms with van der Waals surface area (Å²) >= 11 is 6.20. The van der Waals surface area contributed by atoms with Crippen LogP contribution >= 0.6 is 11.6 Å². The van der Waals surface area contributed by atoms with Crippen molar-refractivity contribution in [1.82, 2.24) is 14.3 Å². The molecule has 1 aromatic rings. The molecule has 156 valence electrons. The van der Waals surface area contributed by atoms with Crippen LogP contribution in [0.5, 0.6) is 5.88 Å². The smallest absolute Gasteiger partial charge is 0.230 e. The summed E-state index contributed by atoms with van der Waals surface area (Å²) in [5.41, 5.74) is 0. The molecule has 0 aromatic carbocycles. The van der Waals surface area contributed by atoms with E-state index in [2.05, 4.69) is 9.97 Å². The maximum Gasteiger partial charge on any atom is 0.230 e. The number of piperidine rings is 2. The van der Waals surface area contributed by atoms with E-state index in [1.807, 2.05) is 11.9 Å². The fourth-order valence-corrected chi connectivity index (χ4v) is 6.21. The van der Waals surface area contributed by atoms with E-state index in [0.717, 1.165) is 32.1 Å². The highest BCUT2D eigenvalue weighted by Gasteiger charge is 2.45. The first kappa shape index (κ1) is 20.1. The standard InChI is InChI=1S/C18H27ClN4O4S/c1-3-28(24,25)23-12-5-4-6-13(23)8-14(7-12)22(2)18-20-16(19)9-17(21-18)27-15-10-26-11-15/h9,12-15H,3-8,10-11H2,1-2H3. The summed E-state index contributed by atoms with van der Waals surface area (Å²) in [5, 5.41) is 0.332. The Morgan fingerprint density at radius 3 is 2.54 bits per heavy atom. The minimum atomic E-state index is -3.19. The van der Waals surface area contributed by atoms with Gasteiger partial charge in [0, 0.05) is 31.2 Å². The van der Waals surface area contributed by atoms with Gasteiger partial charge in [0.05, 0.1) is 19.0 Å². The molecule has 10 heteroatoms. The number of nitrogens with zero attached hydrogens (tertiary/aromatic N) is 4. The Hall–Kier alpha value is -1.16. The topological polar surface area (TPSA) is 84.9 Å². The van der Waals surface area contributed by atoms with Crippen LogP contribution in [-0.2, 0) is 14.8 Å². The number of sulfonamides is 1. The highest BCUT2D eigenvalue weighted by Crippen LogP contribution is 2.38. The van der Waals surface area contributed by atoms with Gasteiger partial charge in [0.2, 0.25) is 21.9 Å². The van der Waals surface area contributed by atoms with Crippen LogP contribution in [0.1, 0.15) is 39.0 Å². The molecule has 0 radical (unpaired) electrons. The third-order valence-electron chi connectivity index (χ3n) is 5.99. The minimum absolute atomic E-state index is 0.00553. The van der Waals surface area contributed by atoms with Crippen molar-refractivity contribution in [3.8, 4) is 5.88 Å². The predicted molar refractivity (Wildman–Crippen MR) is 106 cm³/mol. The van der Waals surface area contributed by atoms with E-state index in [0.29, 0.717) is 30.2 Å². The number of anilines is 1. The maximum absolute atomic E-state index is 12.6. The van der Waals surface area contributed by atoms with E-state index in [4.69, 9.17) is 21.1 Å². The Labute approximate surface area is 171 Å². The molecule has 28 heavy (non-hydrogen) atoms. The summed E-state index contributed by atoms with van der Waals surface area (Å²) in [4.78, 5) is 10.9. The van der Waals surface area contributed by atoms with Crippen LogP contribution in [0, 0.1) is 0 Å². The molecule has 3 saturated heterocycles. The number of ether oxygens (including phenoxy) is 2. The number of fused-ring (bicyclic) bond motifs is 2. The van der Waals surface area contributed by atoms with Crippen molar-refractivity contribution in [2.24, 2.45) is 0 Å². The molecule has 2 unspecified atom stereocenters. The number of aromatic nitrogens is 2. The van der Waals surface area contributed by atoms with Crippen molar-refractivity contribution < 1.29 is 17.9 Å². The number of halogens is 1. The third kappa shape index (κ3) is 3.94. The lowest BCUT2D eigenvalue weighted by atomic mass is 9.83. The summed E-state index contributed by atoms with van der Waals surface area (Å²) in [6, 6.07) is 1.87. The Bertz CT molecular complexity index is 806. The van der Waals surface area contributed by atoms with Crippen LogP contribution in [0.25, 0.3) is 0 Å². The quantitative estimate of drug-likeness (QED) is 0.638. The van der Waals surface area contributed by atoms with Gasteiger partial charge in [-0.05, 0) is 32.6 Å². The average Bonchev–Trinajstić information content (AvgIpc) is 2.62. The van der Waals surface area contributed by atoms with Crippen molar-refractivity contribution in [2.45, 2.75) is 63.3 Å². The second-order valence-electron chi connectivity index (χ2n) is 7.81. The van der Waals surface area contributed by atoms with Crippen LogP contribution in [0.4, 0.5) is 5.95 Å². The molecule has 2 atom stereocenters. The van der Waals surface area contributed by atoms with E-state index >= 15 is 0 Å². The zero-order chi connectivity index (χ0) is 19.9. The number of rotatable bonds is 6. The Kier molecular flexibility index (Phi) is 5.70. The average molecular weight is 431 g/mol. The Balaban J connectivity index is 1.52. The molecule has 4 rings (SSSR count). The van der Waals surface area contributed by atoms with Gasteiger partial charge in [-0.25, -0.2) is 13.4 Å². The molecule has 4 heterocycles. The predicted octanol–water partition coefficient (Wildman–Crippen LogP) is 2.08. The Morgan fingerprint density at radius 2 is 1.96 bits per heavy atom. The molecule has 1 aromatic heterocycles. The minimum Gasteiger partial charge on any atom is -0.469 e. The third-order valence-corrected chi connectivity index (χ3v) is 8.15. The number of hydrogen-bond acceptors (Lipinski definition) is 7. The van der Waals surface area contributed by atoms with E-state index in [1.165, 1.54) is 0 Å². The summed E-state index contributed by atoms with van der Waals surface area (Å²) in [6.07, 6.45) is 4.45. The summed E-state index contributed by atoms with van der Waals surface area (Å²) in [7, 11) is -1.24. The molecular formula is C18H27ClN4O4S. The van der Waals surface area contributed by atoms with Gasteiger partial charge in [0.1, 0.15) is 11.3 Å². The molecule has 2 bridgehead atoms. The Morgan fingerprint density at radius 1 is 1.29 bits per heavy atom. The molecule has 0 aliphatic carbocycles. The lowest BCUT2D eigenvalue weighted by Crippen LogP contribution is -2.58. The molecule has 0 saturated carbocycles. The highest BCUT2D eigenvalue weighted by atomic mass is 35.5. The van der Waals surface area contributed by atoms with Gasteiger partial charge in [-0.3, -0.25) is 0 Å². The first-order valence-electron chi connectivity index (χ1n) is 9.90. The van der Waals surface area contributed by atoms with E-state index in [1.54, 1.807) is 17.3 Å². The van der Waals surface area contributed by atoms with Crippen LogP contribution in [-0.4, -0.2) is 72.9 Å². The molecule has 0 N–H and O–H groups in total. The first-order valence-corrected chi connectivity index (χ1v) is 11.9. The molecule has 0 amide bonds. The van der Waals surface area contributed by atoms with Crippen molar-refractivity contribution in [2.75, 3.05) is 30.9 Å². The van der Waals surface area contributed by atoms with Gasteiger partial charge in [0.25, 0.3) is 0 Å². The molecule has 8 nitrogen and oxygen atoms in total. The second kappa shape index (κ2) is 7.93. The summed E-state index contributed by atoms with van der Waals surface area (Å²) in [6.45, 7) is 2.83. The van der Waals surface area contributed by atoms with E-state index in [-0.39, 0.29) is 30.0 Å². The maximum atomic E-state index is 12.6. The van der Waals surface area contributed by atoms with Gasteiger partial charge < -0.3 is 14.4 Å². The van der Waals surface area contributed by atoms with E-state index in [9.17, 15) is 8.42 Å². The van der Waals surface area contributed by atoms with Gasteiger partial charge in [-0.15, -0.1) is 0 Å². The summed E-state index contributed by atoms with van der Waals surface area (Å²) in [5.74, 6) is 1.11. The van der Waals surface area contributed by atoms with Gasteiger partial charge in [-0.1, -0.05) is 18.0 Å². The van der Waals surface area contributed by atoms with Gasteiger partial charge >= 0.3 is 0 Å². The lowest BCUT2D eigenvalue weighted by Gasteiger charge is -2.49. The van der Waals surface area contributed by atoms with Crippen LogP contribution in [0.15, 0.2) is 6.07 Å². The number of hydrogen-bond donors (Lipinski definition) is 0. The van der Waals surface area contributed by atoms with Gasteiger partial charge in [-0.2, -0.15) is 9.29 Å². The summed E-state index contributed by atoms with van der Waals surface area (Å²) < 4.78 is 37.9. The van der Waals surface area contributed by atoms with Crippen LogP contribution < -0.4 is 9.64 Å². The van der Waals surface area contributed by atoms with Gasteiger partial charge in [0.15, 0.2) is 0 Å². The zero-order valence-corrected chi connectivity index (χ0v) is 17.8. The normalized spacial score (nSPS) is 28.6. The molecule has 3 aliphatic rings. The second-order valence-corrected chi connectivity index (χ2v) is 10.4. The molecular weight excluding hydrogens is 404 g/mol. The first-order chi connectivity index (χ1) is 13.4. The van der Waals surface area contributed by atoms with Crippen molar-refractivity contribution >= 4 is 27.6 Å². The largest absolute Gasteiger partial charge is 0.469 e. The lowest BCUT2D eigenvalue weighted by molar-refractivity contribution is -0.0813. The fraction of sp³-hybridized carbons (Fsp3) is 0.778. The molecule has 0 spiro atoms. The van der Waals surface area contributed by atoms with Crippen molar-refractivity contribution in [3.63, 3.8) is 0 Å². The fourth-order valence-electron chi connectivity index (χ4n) is 4.45. The van der Waals surface area contributed by atoms with Crippen LogP contribution in [0.2, 0.25) is 5.15 Å². The van der Waals surface area contributed by atoms with Crippen molar-refractivity contribution in [3.05, 3.63) is 11.2 Å². The zero-order valence-electron chi connectivity index (χ0n) is 16.3. The van der Waals surface area contributed by atoms with Crippen molar-refractivity contribution in [1.29, 1.82) is 0 Å². The SMILES string of the molecule is CCS(=O)(=O)N1C2CCCC1CC(N(C)c1nc(Cl)cc(OC3COC3)n1)C2.